The highest BCUT2D eigenvalue weighted by Crippen LogP contribution is 2.44. The maximum atomic E-state index is 5.09. The molecule has 4 nitrogen and oxygen atoms in total. The highest BCUT2D eigenvalue weighted by Gasteiger charge is 2.30. The lowest BCUT2D eigenvalue weighted by Crippen LogP contribution is -2.30. The van der Waals surface area contributed by atoms with Gasteiger partial charge in [-0.2, -0.15) is 11.8 Å². The van der Waals surface area contributed by atoms with Gasteiger partial charge in [0.05, 0.1) is 12.3 Å². The normalized spacial score (nSPS) is 16.2. The predicted octanol–water partition coefficient (Wildman–Crippen LogP) is 2.94. The van der Waals surface area contributed by atoms with E-state index in [1.807, 2.05) is 23.1 Å². The molecule has 1 saturated carbocycles. The topological polar surface area (TPSA) is 37.4 Å². The average molecular weight is 330 g/mol. The molecule has 0 aromatic carbocycles. The van der Waals surface area contributed by atoms with Crippen molar-refractivity contribution in [1.29, 1.82) is 0 Å². The molecule has 1 N–H and O–H groups in total. The summed E-state index contributed by atoms with van der Waals surface area (Å²) < 4.78 is 5.09. The zero-order chi connectivity index (χ0) is 15.2. The number of hydrogen-bond acceptors (Lipinski definition) is 6. The predicted molar refractivity (Wildman–Crippen MR) is 93.9 cm³/mol. The Morgan fingerprint density at radius 3 is 2.90 bits per heavy atom. The molecule has 1 aliphatic rings. The minimum absolute atomic E-state index is 0.521. The Morgan fingerprint density at radius 2 is 2.29 bits per heavy atom. The zero-order valence-electron chi connectivity index (χ0n) is 13.5. The smallest absolute Gasteiger partial charge is 0.185 e. The minimum Gasteiger partial charge on any atom is -0.383 e. The Hall–Kier alpha value is -0.300. The minimum atomic E-state index is 0.521. The van der Waals surface area contributed by atoms with Crippen LogP contribution in [0.3, 0.4) is 0 Å². The third kappa shape index (κ3) is 4.84. The van der Waals surface area contributed by atoms with Gasteiger partial charge >= 0.3 is 0 Å². The number of thiazole rings is 1. The summed E-state index contributed by atoms with van der Waals surface area (Å²) in [4.78, 5) is 8.67. The summed E-state index contributed by atoms with van der Waals surface area (Å²) in [5.74, 6) is 1.84. The fourth-order valence-corrected chi connectivity index (χ4v) is 4.11. The molecule has 1 unspecified atom stereocenters. The van der Waals surface area contributed by atoms with Crippen molar-refractivity contribution in [3.05, 3.63) is 10.6 Å². The summed E-state index contributed by atoms with van der Waals surface area (Å²) in [6, 6.07) is 0.521. The van der Waals surface area contributed by atoms with Gasteiger partial charge in [-0.3, -0.25) is 0 Å². The van der Waals surface area contributed by atoms with Crippen LogP contribution in [0.2, 0.25) is 0 Å². The number of ether oxygens (including phenoxy) is 1. The Kier molecular flexibility index (Phi) is 6.79. The Balaban J connectivity index is 2.02. The molecule has 0 spiro atoms. The second kappa shape index (κ2) is 8.36. The van der Waals surface area contributed by atoms with Crippen molar-refractivity contribution in [2.24, 2.45) is 0 Å². The van der Waals surface area contributed by atoms with E-state index in [9.17, 15) is 0 Å². The standard InChI is InChI=1S/C15H27N3OS2/c1-11(10-20-4)18(2)15-17-14(12-5-6-12)13(21-15)9-16-7-8-19-3/h11-12,16H,5-10H2,1-4H3. The quantitative estimate of drug-likeness (QED) is 0.668. The summed E-state index contributed by atoms with van der Waals surface area (Å²) in [6.45, 7) is 4.84. The van der Waals surface area contributed by atoms with Crippen molar-refractivity contribution in [3.63, 3.8) is 0 Å². The molecule has 1 aromatic rings. The SMILES string of the molecule is COCCNCc1sc(N(C)C(C)CSC)nc1C1CC1. The maximum absolute atomic E-state index is 5.09. The van der Waals surface area contributed by atoms with E-state index in [-0.39, 0.29) is 0 Å². The van der Waals surface area contributed by atoms with Crippen LogP contribution >= 0.6 is 23.1 Å². The molecule has 0 bridgehead atoms. The van der Waals surface area contributed by atoms with E-state index < -0.39 is 0 Å². The van der Waals surface area contributed by atoms with Gasteiger partial charge in [0.15, 0.2) is 5.13 Å². The van der Waals surface area contributed by atoms with Crippen molar-refractivity contribution in [2.45, 2.75) is 38.3 Å². The van der Waals surface area contributed by atoms with E-state index in [0.29, 0.717) is 12.0 Å². The summed E-state index contributed by atoms with van der Waals surface area (Å²) in [7, 11) is 3.91. The number of nitrogens with one attached hydrogen (secondary N) is 1. The fourth-order valence-electron chi connectivity index (χ4n) is 2.22. The van der Waals surface area contributed by atoms with Crippen molar-refractivity contribution in [2.75, 3.05) is 44.2 Å². The van der Waals surface area contributed by atoms with Crippen molar-refractivity contribution >= 4 is 28.2 Å². The maximum Gasteiger partial charge on any atom is 0.185 e. The molecule has 120 valence electrons. The molecule has 2 rings (SSSR count). The van der Waals surface area contributed by atoms with Gasteiger partial charge in [0.1, 0.15) is 0 Å². The largest absolute Gasteiger partial charge is 0.383 e. The molecule has 0 saturated heterocycles. The van der Waals surface area contributed by atoms with E-state index in [2.05, 4.69) is 30.4 Å². The van der Waals surface area contributed by atoms with Gasteiger partial charge in [0.2, 0.25) is 0 Å². The molecule has 1 fully saturated rings. The van der Waals surface area contributed by atoms with Gasteiger partial charge in [-0.05, 0) is 26.0 Å². The van der Waals surface area contributed by atoms with E-state index in [0.717, 1.165) is 25.4 Å². The number of thioether (sulfide) groups is 1. The second-order valence-electron chi connectivity index (χ2n) is 5.66. The average Bonchev–Trinajstić information content (AvgIpc) is 3.23. The number of rotatable bonds is 10. The van der Waals surface area contributed by atoms with Crippen molar-refractivity contribution in [1.82, 2.24) is 10.3 Å². The number of aromatic nitrogens is 1. The van der Waals surface area contributed by atoms with Crippen LogP contribution in [-0.4, -0.2) is 50.3 Å². The van der Waals surface area contributed by atoms with Gasteiger partial charge < -0.3 is 15.0 Å². The first-order valence-electron chi connectivity index (χ1n) is 7.58. The van der Waals surface area contributed by atoms with Crippen LogP contribution in [0.15, 0.2) is 0 Å². The molecule has 21 heavy (non-hydrogen) atoms. The molecular formula is C15H27N3OS2. The first-order chi connectivity index (χ1) is 10.2. The van der Waals surface area contributed by atoms with Gasteiger partial charge in [-0.15, -0.1) is 11.3 Å². The molecule has 0 amide bonds. The number of anilines is 1. The van der Waals surface area contributed by atoms with E-state index in [1.54, 1.807) is 7.11 Å². The number of methoxy groups -OCH3 is 1. The summed E-state index contributed by atoms with van der Waals surface area (Å²) in [5, 5.41) is 4.62. The highest BCUT2D eigenvalue weighted by molar-refractivity contribution is 7.98. The van der Waals surface area contributed by atoms with Crippen LogP contribution in [0.5, 0.6) is 0 Å². The Morgan fingerprint density at radius 1 is 1.52 bits per heavy atom. The molecule has 1 aliphatic carbocycles. The second-order valence-corrected chi connectivity index (χ2v) is 7.64. The third-order valence-electron chi connectivity index (χ3n) is 3.82. The van der Waals surface area contributed by atoms with Crippen LogP contribution in [-0.2, 0) is 11.3 Å². The van der Waals surface area contributed by atoms with Crippen molar-refractivity contribution in [3.8, 4) is 0 Å². The van der Waals surface area contributed by atoms with Gasteiger partial charge in [-0.1, -0.05) is 0 Å². The van der Waals surface area contributed by atoms with Gasteiger partial charge in [0, 0.05) is 49.8 Å². The third-order valence-corrected chi connectivity index (χ3v) is 5.80. The highest BCUT2D eigenvalue weighted by atomic mass is 32.2. The monoisotopic (exact) mass is 329 g/mol. The fraction of sp³-hybridized carbons (Fsp3) is 0.800. The molecular weight excluding hydrogens is 302 g/mol. The van der Waals surface area contributed by atoms with Gasteiger partial charge in [0.25, 0.3) is 0 Å². The molecule has 1 heterocycles. The van der Waals surface area contributed by atoms with E-state index in [1.165, 1.54) is 28.5 Å². The lowest BCUT2D eigenvalue weighted by Gasteiger charge is -2.23. The summed E-state index contributed by atoms with van der Waals surface area (Å²) in [6.07, 6.45) is 4.77. The summed E-state index contributed by atoms with van der Waals surface area (Å²) >= 11 is 3.74. The van der Waals surface area contributed by atoms with Crippen LogP contribution in [0, 0.1) is 0 Å². The Labute approximate surface area is 136 Å². The molecule has 1 atom stereocenters. The van der Waals surface area contributed by atoms with Crippen LogP contribution in [0.1, 0.15) is 36.3 Å². The zero-order valence-corrected chi connectivity index (χ0v) is 15.1. The van der Waals surface area contributed by atoms with Crippen LogP contribution in [0.25, 0.3) is 0 Å². The Bertz CT molecular complexity index is 435. The van der Waals surface area contributed by atoms with Crippen molar-refractivity contribution < 1.29 is 4.74 Å². The van der Waals surface area contributed by atoms with E-state index in [4.69, 9.17) is 9.72 Å². The van der Waals surface area contributed by atoms with Crippen LogP contribution in [0.4, 0.5) is 5.13 Å². The molecule has 0 radical (unpaired) electrons. The molecule has 0 aliphatic heterocycles. The summed E-state index contributed by atoms with van der Waals surface area (Å²) in [5.41, 5.74) is 1.34. The molecule has 6 heteroatoms. The number of nitrogens with zero attached hydrogens (tertiary/aromatic N) is 2. The van der Waals surface area contributed by atoms with Crippen LogP contribution < -0.4 is 10.2 Å². The lowest BCUT2D eigenvalue weighted by atomic mass is 10.2. The van der Waals surface area contributed by atoms with E-state index >= 15 is 0 Å². The molecule has 1 aromatic heterocycles. The first-order valence-corrected chi connectivity index (χ1v) is 9.79. The number of hydrogen-bond donors (Lipinski definition) is 1. The lowest BCUT2D eigenvalue weighted by molar-refractivity contribution is 0.199. The first kappa shape index (κ1) is 17.1. The van der Waals surface area contributed by atoms with Gasteiger partial charge in [-0.25, -0.2) is 4.98 Å².